The van der Waals surface area contributed by atoms with Crippen LogP contribution in [0, 0.1) is 0 Å². The average Bonchev–Trinajstić information content (AvgIpc) is 3.35. The topological polar surface area (TPSA) is 95.9 Å². The number of ether oxygens (including phenoxy) is 1. The van der Waals surface area contributed by atoms with Crippen LogP contribution in [0.5, 0.6) is 0 Å². The van der Waals surface area contributed by atoms with Gasteiger partial charge in [-0.05, 0) is 57.8 Å². The largest absolute Gasteiger partial charge is 0.466 e. The molecule has 2 atom stereocenters. The molecule has 6 heteroatoms. The van der Waals surface area contributed by atoms with E-state index in [2.05, 4.69) is 43.5 Å². The fourth-order valence-electron chi connectivity index (χ4n) is 9.73. The second-order valence-electron chi connectivity index (χ2n) is 21.4. The SMILES string of the molecule is CCCCCC/C=C\C/C=C\CCCCCCCC(=O)OCCCCCCCCCCCCCCC(=O)NC(CO)C(O)CCCCCCCCCCCCCCCCCCCCCCCCCC. The van der Waals surface area contributed by atoms with E-state index in [1.807, 2.05) is 0 Å². The molecule has 0 heterocycles. The van der Waals surface area contributed by atoms with Crippen molar-refractivity contribution in [2.24, 2.45) is 0 Å². The number of aliphatic hydroxyl groups is 2. The Bertz CT molecular complexity index is 1080. The first-order chi connectivity index (χ1) is 34.0. The predicted octanol–water partition coefficient (Wildman–Crippen LogP) is 19.4. The number of esters is 1. The molecular formula is C63H121NO5. The summed E-state index contributed by atoms with van der Waals surface area (Å²) in [4.78, 5) is 24.6. The van der Waals surface area contributed by atoms with Crippen molar-refractivity contribution >= 4 is 11.9 Å². The van der Waals surface area contributed by atoms with Crippen molar-refractivity contribution in [1.29, 1.82) is 0 Å². The van der Waals surface area contributed by atoms with Gasteiger partial charge in [0, 0.05) is 12.8 Å². The van der Waals surface area contributed by atoms with Crippen molar-refractivity contribution in [3.63, 3.8) is 0 Å². The molecule has 0 aromatic carbocycles. The van der Waals surface area contributed by atoms with Gasteiger partial charge in [0.05, 0.1) is 25.4 Å². The first-order valence-corrected chi connectivity index (χ1v) is 31.1. The molecule has 0 saturated carbocycles. The fourth-order valence-corrected chi connectivity index (χ4v) is 9.73. The van der Waals surface area contributed by atoms with E-state index < -0.39 is 12.1 Å². The Kier molecular flexibility index (Phi) is 57.5. The van der Waals surface area contributed by atoms with Crippen molar-refractivity contribution in [3.8, 4) is 0 Å². The van der Waals surface area contributed by atoms with Crippen LogP contribution in [-0.4, -0.2) is 47.4 Å². The lowest BCUT2D eigenvalue weighted by Crippen LogP contribution is -2.45. The highest BCUT2D eigenvalue weighted by molar-refractivity contribution is 5.76. The van der Waals surface area contributed by atoms with Crippen molar-refractivity contribution in [3.05, 3.63) is 24.3 Å². The Morgan fingerprint density at radius 2 is 0.725 bits per heavy atom. The first-order valence-electron chi connectivity index (χ1n) is 31.1. The number of hydrogen-bond donors (Lipinski definition) is 3. The lowest BCUT2D eigenvalue weighted by Gasteiger charge is -2.22. The second-order valence-corrected chi connectivity index (χ2v) is 21.4. The maximum absolute atomic E-state index is 12.5. The minimum atomic E-state index is -0.677. The van der Waals surface area contributed by atoms with Crippen LogP contribution >= 0.6 is 0 Å². The highest BCUT2D eigenvalue weighted by Gasteiger charge is 2.20. The molecule has 408 valence electrons. The van der Waals surface area contributed by atoms with Crippen molar-refractivity contribution in [1.82, 2.24) is 5.32 Å². The zero-order chi connectivity index (χ0) is 50.0. The van der Waals surface area contributed by atoms with Gasteiger partial charge >= 0.3 is 5.97 Å². The van der Waals surface area contributed by atoms with E-state index in [1.165, 1.54) is 244 Å². The van der Waals surface area contributed by atoms with E-state index in [1.54, 1.807) is 0 Å². The Balaban J connectivity index is 3.45. The van der Waals surface area contributed by atoms with Gasteiger partial charge in [-0.3, -0.25) is 9.59 Å². The molecule has 0 saturated heterocycles. The van der Waals surface area contributed by atoms with Crippen LogP contribution in [0.1, 0.15) is 341 Å². The van der Waals surface area contributed by atoms with E-state index in [-0.39, 0.29) is 18.5 Å². The lowest BCUT2D eigenvalue weighted by atomic mass is 10.0. The Morgan fingerprint density at radius 3 is 1.12 bits per heavy atom. The summed E-state index contributed by atoms with van der Waals surface area (Å²) in [5, 5.41) is 23.4. The Labute approximate surface area is 431 Å². The molecule has 3 N–H and O–H groups in total. The molecule has 2 unspecified atom stereocenters. The minimum Gasteiger partial charge on any atom is -0.466 e. The van der Waals surface area contributed by atoms with Gasteiger partial charge in [0.25, 0.3) is 0 Å². The smallest absolute Gasteiger partial charge is 0.305 e. The van der Waals surface area contributed by atoms with Crippen LogP contribution in [0.3, 0.4) is 0 Å². The molecule has 0 aliphatic heterocycles. The van der Waals surface area contributed by atoms with Crippen LogP contribution < -0.4 is 5.32 Å². The van der Waals surface area contributed by atoms with Crippen LogP contribution in [-0.2, 0) is 14.3 Å². The van der Waals surface area contributed by atoms with Gasteiger partial charge in [0.2, 0.25) is 5.91 Å². The highest BCUT2D eigenvalue weighted by Crippen LogP contribution is 2.18. The van der Waals surface area contributed by atoms with Crippen LogP contribution in [0.15, 0.2) is 24.3 Å². The van der Waals surface area contributed by atoms with E-state index in [0.29, 0.717) is 25.9 Å². The summed E-state index contributed by atoms with van der Waals surface area (Å²) in [7, 11) is 0. The van der Waals surface area contributed by atoms with Crippen molar-refractivity contribution < 1.29 is 24.5 Å². The normalized spacial score (nSPS) is 12.7. The molecule has 0 spiro atoms. The molecule has 1 amide bonds. The number of hydrogen-bond acceptors (Lipinski definition) is 5. The van der Waals surface area contributed by atoms with Gasteiger partial charge in [-0.25, -0.2) is 0 Å². The first kappa shape index (κ1) is 67.3. The number of aliphatic hydroxyl groups excluding tert-OH is 2. The van der Waals surface area contributed by atoms with E-state index in [9.17, 15) is 19.8 Å². The van der Waals surface area contributed by atoms with Gasteiger partial charge in [-0.1, -0.05) is 295 Å². The van der Waals surface area contributed by atoms with E-state index in [0.717, 1.165) is 64.2 Å². The monoisotopic (exact) mass is 972 g/mol. The van der Waals surface area contributed by atoms with Gasteiger partial charge in [-0.2, -0.15) is 0 Å². The third-order valence-electron chi connectivity index (χ3n) is 14.5. The van der Waals surface area contributed by atoms with E-state index >= 15 is 0 Å². The zero-order valence-corrected chi connectivity index (χ0v) is 46.6. The van der Waals surface area contributed by atoms with Crippen LogP contribution in [0.2, 0.25) is 0 Å². The highest BCUT2D eigenvalue weighted by atomic mass is 16.5. The molecule has 0 rings (SSSR count). The molecule has 0 aliphatic rings. The number of nitrogens with one attached hydrogen (secondary N) is 1. The molecule has 0 fully saturated rings. The van der Waals surface area contributed by atoms with Gasteiger partial charge in [0.1, 0.15) is 0 Å². The van der Waals surface area contributed by atoms with Gasteiger partial charge in [-0.15, -0.1) is 0 Å². The summed E-state index contributed by atoms with van der Waals surface area (Å²) in [6.45, 7) is 4.92. The summed E-state index contributed by atoms with van der Waals surface area (Å²) in [5.41, 5.74) is 0. The van der Waals surface area contributed by atoms with Crippen LogP contribution in [0.25, 0.3) is 0 Å². The molecule has 69 heavy (non-hydrogen) atoms. The molecular weight excluding hydrogens is 851 g/mol. The van der Waals surface area contributed by atoms with Crippen molar-refractivity contribution in [2.75, 3.05) is 13.2 Å². The molecule has 0 radical (unpaired) electrons. The maximum Gasteiger partial charge on any atom is 0.305 e. The van der Waals surface area contributed by atoms with Gasteiger partial charge < -0.3 is 20.3 Å². The van der Waals surface area contributed by atoms with Crippen LogP contribution in [0.4, 0.5) is 0 Å². The van der Waals surface area contributed by atoms with Crippen molar-refractivity contribution in [2.45, 2.75) is 353 Å². The summed E-state index contributed by atoms with van der Waals surface area (Å²) < 4.78 is 5.47. The molecule has 0 aromatic heterocycles. The summed E-state index contributed by atoms with van der Waals surface area (Å²) in [6.07, 6.45) is 71.8. The lowest BCUT2D eigenvalue weighted by molar-refractivity contribution is -0.143. The number of carbonyl (C=O) groups is 2. The quantitative estimate of drug-likeness (QED) is 0.0321. The Morgan fingerprint density at radius 1 is 0.406 bits per heavy atom. The maximum atomic E-state index is 12.5. The second kappa shape index (κ2) is 58.9. The summed E-state index contributed by atoms with van der Waals surface area (Å²) >= 11 is 0. The third-order valence-corrected chi connectivity index (χ3v) is 14.5. The number of amides is 1. The fraction of sp³-hybridized carbons (Fsp3) is 0.905. The predicted molar refractivity (Wildman–Crippen MR) is 301 cm³/mol. The number of carbonyl (C=O) groups excluding carboxylic acids is 2. The summed E-state index contributed by atoms with van der Waals surface area (Å²) in [6, 6.07) is -0.555. The third kappa shape index (κ3) is 55.5. The molecule has 6 nitrogen and oxygen atoms in total. The molecule has 0 bridgehead atoms. The standard InChI is InChI=1S/C63H121NO5/c1-3-5-7-9-11-13-15-17-19-21-22-23-24-25-26-27-28-29-31-35-39-43-47-51-55-61(66)60(59-65)64-62(67)56-52-48-44-40-36-33-34-38-42-46-50-54-58-69-63(68)57-53-49-45-41-37-32-30-20-18-16-14-12-10-8-6-4-2/h14,16,20,30,60-61,65-66H,3-13,15,17-19,21-29,31-59H2,1-2H3,(H,64,67)/b16-14-,30-20-. The van der Waals surface area contributed by atoms with Gasteiger partial charge in [0.15, 0.2) is 0 Å². The Hall–Kier alpha value is -1.66. The number of allylic oxidation sites excluding steroid dienone is 4. The van der Waals surface area contributed by atoms with E-state index in [4.69, 9.17) is 4.74 Å². The number of unbranched alkanes of at least 4 members (excludes halogenated alkanes) is 43. The number of rotatable bonds is 58. The molecule has 0 aliphatic carbocycles. The zero-order valence-electron chi connectivity index (χ0n) is 46.6. The average molecular weight is 973 g/mol. The minimum absolute atomic E-state index is 0.0215. The molecule has 0 aromatic rings. The summed E-state index contributed by atoms with van der Waals surface area (Å²) in [5.74, 6) is -0.0693.